The number of aryl methyl sites for hydroxylation is 2. The zero-order chi connectivity index (χ0) is 17.7. The van der Waals surface area contributed by atoms with E-state index in [4.69, 9.17) is 0 Å². The second-order valence-corrected chi connectivity index (χ2v) is 7.72. The maximum atomic E-state index is 4.30. The molecule has 0 fully saturated rings. The molecular weight excluding hydrogens is 307 g/mol. The zero-order valence-electron chi connectivity index (χ0n) is 15.4. The minimum atomic E-state index is 0.617. The zero-order valence-corrected chi connectivity index (χ0v) is 16.4. The van der Waals surface area contributed by atoms with Crippen molar-refractivity contribution in [2.45, 2.75) is 34.6 Å². The lowest BCUT2D eigenvalue weighted by Crippen LogP contribution is -1.96. The molecule has 24 heavy (non-hydrogen) atoms. The van der Waals surface area contributed by atoms with E-state index in [0.717, 1.165) is 0 Å². The van der Waals surface area contributed by atoms with Crippen LogP contribution >= 0.6 is 8.58 Å². The summed E-state index contributed by atoms with van der Waals surface area (Å²) in [6, 6.07) is 15.5. The van der Waals surface area contributed by atoms with Gasteiger partial charge in [0, 0.05) is 0 Å². The molecule has 2 aromatic rings. The van der Waals surface area contributed by atoms with Crippen LogP contribution in [0.5, 0.6) is 0 Å². The van der Waals surface area contributed by atoms with Gasteiger partial charge in [-0.25, -0.2) is 0 Å². The quantitative estimate of drug-likeness (QED) is 0.424. The molecule has 0 N–H and O–H groups in total. The Kier molecular flexibility index (Phi) is 6.35. The standard InChI is InChI=1S/C23H27P/c1-7-8-17(3)19(5)21-10-12-22(13-11-21)20(6)24-23-14-9-16(2)18(4)15-23/h7-15,24H,6H2,1-5H3/b8-7-,19-17+. The SMILES string of the molecule is C=C(Pc1ccc(C)c(C)c1)c1ccc(/C(C)=C(C)/C=C\C)cc1. The Hall–Kier alpha value is -1.91. The smallest absolute Gasteiger partial charge is 0.0184 e. The molecule has 0 amide bonds. The molecule has 0 bridgehead atoms. The normalized spacial score (nSPS) is 12.9. The first-order valence-corrected chi connectivity index (χ1v) is 9.36. The third kappa shape index (κ3) is 4.56. The monoisotopic (exact) mass is 334 g/mol. The van der Waals surface area contributed by atoms with Crippen LogP contribution in [0, 0.1) is 13.8 Å². The Morgan fingerprint density at radius 3 is 2.12 bits per heavy atom. The molecule has 0 spiro atoms. The van der Waals surface area contributed by atoms with Crippen LogP contribution in [0.2, 0.25) is 0 Å². The van der Waals surface area contributed by atoms with Crippen molar-refractivity contribution in [3.8, 4) is 0 Å². The van der Waals surface area contributed by atoms with Gasteiger partial charge in [0.05, 0.1) is 0 Å². The van der Waals surface area contributed by atoms with Crippen LogP contribution < -0.4 is 5.30 Å². The molecule has 0 aliphatic heterocycles. The lowest BCUT2D eigenvalue weighted by atomic mass is 10.0. The minimum absolute atomic E-state index is 0.617. The maximum absolute atomic E-state index is 4.30. The van der Waals surface area contributed by atoms with E-state index in [1.54, 1.807) is 0 Å². The Bertz CT molecular complexity index is 789. The lowest BCUT2D eigenvalue weighted by Gasteiger charge is -2.10. The summed E-state index contributed by atoms with van der Waals surface area (Å²) in [7, 11) is 0.617. The Balaban J connectivity index is 2.16. The predicted molar refractivity (Wildman–Crippen MR) is 112 cm³/mol. The topological polar surface area (TPSA) is 0 Å². The Morgan fingerprint density at radius 1 is 0.917 bits per heavy atom. The van der Waals surface area contributed by atoms with E-state index in [1.165, 1.54) is 44.0 Å². The predicted octanol–water partition coefficient (Wildman–Crippen LogP) is 6.65. The van der Waals surface area contributed by atoms with Crippen LogP contribution in [0.15, 0.2) is 66.8 Å². The van der Waals surface area contributed by atoms with Crippen molar-refractivity contribution >= 4 is 24.8 Å². The summed E-state index contributed by atoms with van der Waals surface area (Å²) in [5.74, 6) is 0. The molecule has 0 heterocycles. The van der Waals surface area contributed by atoms with Crippen molar-refractivity contribution in [3.05, 3.63) is 89.0 Å². The molecule has 0 radical (unpaired) electrons. The molecule has 0 nitrogen and oxygen atoms in total. The van der Waals surface area contributed by atoms with Gasteiger partial charge >= 0.3 is 0 Å². The highest BCUT2D eigenvalue weighted by molar-refractivity contribution is 7.58. The van der Waals surface area contributed by atoms with Crippen LogP contribution in [0.3, 0.4) is 0 Å². The molecule has 0 aromatic heterocycles. The molecule has 124 valence electrons. The van der Waals surface area contributed by atoms with Crippen molar-refractivity contribution in [1.29, 1.82) is 0 Å². The molecule has 2 aromatic carbocycles. The first-order chi connectivity index (χ1) is 11.4. The van der Waals surface area contributed by atoms with Crippen molar-refractivity contribution in [1.82, 2.24) is 0 Å². The van der Waals surface area contributed by atoms with Crippen molar-refractivity contribution in [2.75, 3.05) is 0 Å². The molecule has 1 unspecified atom stereocenters. The van der Waals surface area contributed by atoms with Gasteiger partial charge in [0.2, 0.25) is 0 Å². The fourth-order valence-corrected chi connectivity index (χ4v) is 3.70. The van der Waals surface area contributed by atoms with E-state index >= 15 is 0 Å². The molecule has 0 saturated carbocycles. The summed E-state index contributed by atoms with van der Waals surface area (Å²) in [5.41, 5.74) is 7.83. The van der Waals surface area contributed by atoms with E-state index in [0.29, 0.717) is 8.58 Å². The van der Waals surface area contributed by atoms with E-state index in [9.17, 15) is 0 Å². The Labute approximate surface area is 148 Å². The molecule has 0 aliphatic rings. The lowest BCUT2D eigenvalue weighted by molar-refractivity contribution is 1.35. The average molecular weight is 334 g/mol. The fraction of sp³-hybridized carbons (Fsp3) is 0.217. The van der Waals surface area contributed by atoms with Crippen LogP contribution in [-0.2, 0) is 0 Å². The maximum Gasteiger partial charge on any atom is -0.0184 e. The van der Waals surface area contributed by atoms with Gasteiger partial charge in [0.15, 0.2) is 0 Å². The van der Waals surface area contributed by atoms with Crippen LogP contribution in [0.1, 0.15) is 43.0 Å². The third-order valence-electron chi connectivity index (χ3n) is 4.48. The second-order valence-electron chi connectivity index (χ2n) is 6.29. The highest BCUT2D eigenvalue weighted by Crippen LogP contribution is 2.32. The van der Waals surface area contributed by atoms with E-state index in [-0.39, 0.29) is 0 Å². The highest BCUT2D eigenvalue weighted by Gasteiger charge is 2.04. The number of rotatable bonds is 5. The first-order valence-electron chi connectivity index (χ1n) is 8.36. The first kappa shape index (κ1) is 18.4. The van der Waals surface area contributed by atoms with Crippen molar-refractivity contribution in [2.24, 2.45) is 0 Å². The number of allylic oxidation sites excluding steroid dienone is 4. The third-order valence-corrected chi connectivity index (χ3v) is 5.67. The van der Waals surface area contributed by atoms with Gasteiger partial charge in [-0.1, -0.05) is 69.8 Å². The summed E-state index contributed by atoms with van der Waals surface area (Å²) in [6.45, 7) is 15.0. The summed E-state index contributed by atoms with van der Waals surface area (Å²) < 4.78 is 0. The van der Waals surface area contributed by atoms with E-state index in [2.05, 4.69) is 95.8 Å². The second kappa shape index (κ2) is 8.27. The van der Waals surface area contributed by atoms with Gasteiger partial charge in [-0.3, -0.25) is 0 Å². The molecule has 1 heteroatoms. The summed E-state index contributed by atoms with van der Waals surface area (Å²) in [6.07, 6.45) is 4.24. The summed E-state index contributed by atoms with van der Waals surface area (Å²) in [5, 5.41) is 2.55. The van der Waals surface area contributed by atoms with Crippen molar-refractivity contribution < 1.29 is 0 Å². The van der Waals surface area contributed by atoms with Gasteiger partial charge in [0.1, 0.15) is 0 Å². The molecule has 2 rings (SSSR count). The number of benzene rings is 2. The highest BCUT2D eigenvalue weighted by atomic mass is 31.1. The van der Waals surface area contributed by atoms with Crippen LogP contribution in [0.4, 0.5) is 0 Å². The summed E-state index contributed by atoms with van der Waals surface area (Å²) in [4.78, 5) is 0. The van der Waals surface area contributed by atoms with Crippen LogP contribution in [-0.4, -0.2) is 0 Å². The van der Waals surface area contributed by atoms with E-state index < -0.39 is 0 Å². The molecule has 0 aliphatic carbocycles. The van der Waals surface area contributed by atoms with Gasteiger partial charge in [0.25, 0.3) is 0 Å². The molecule has 1 atom stereocenters. The summed E-state index contributed by atoms with van der Waals surface area (Å²) >= 11 is 0. The molecular formula is C23H27P. The average Bonchev–Trinajstić information content (AvgIpc) is 2.58. The van der Waals surface area contributed by atoms with Gasteiger partial charge in [-0.15, -0.1) is 0 Å². The fourth-order valence-electron chi connectivity index (χ4n) is 2.59. The number of hydrogen-bond donors (Lipinski definition) is 0. The largest absolute Gasteiger partial charge is 0.0906 e. The van der Waals surface area contributed by atoms with Gasteiger partial charge < -0.3 is 0 Å². The molecule has 0 saturated heterocycles. The van der Waals surface area contributed by atoms with Gasteiger partial charge in [-0.2, -0.15) is 0 Å². The van der Waals surface area contributed by atoms with E-state index in [1.807, 2.05) is 0 Å². The van der Waals surface area contributed by atoms with Gasteiger partial charge in [-0.05, 0) is 78.6 Å². The van der Waals surface area contributed by atoms with Crippen LogP contribution in [0.25, 0.3) is 10.9 Å². The van der Waals surface area contributed by atoms with Crippen molar-refractivity contribution in [3.63, 3.8) is 0 Å². The number of hydrogen-bond acceptors (Lipinski definition) is 0. The minimum Gasteiger partial charge on any atom is -0.0906 e. The Morgan fingerprint density at radius 2 is 1.54 bits per heavy atom.